The number of morpholine rings is 1. The lowest BCUT2D eigenvalue weighted by Gasteiger charge is -2.22. The molecule has 0 radical (unpaired) electrons. The molecule has 0 spiro atoms. The van der Waals surface area contributed by atoms with Crippen LogP contribution in [-0.2, 0) is 9.53 Å². The van der Waals surface area contributed by atoms with E-state index in [4.69, 9.17) is 4.74 Å². The number of nitrogens with zero attached hydrogens (tertiary/aromatic N) is 1. The van der Waals surface area contributed by atoms with Crippen molar-refractivity contribution in [2.75, 3.05) is 25.0 Å². The van der Waals surface area contributed by atoms with Crippen molar-refractivity contribution in [2.45, 2.75) is 6.10 Å². The van der Waals surface area contributed by atoms with Gasteiger partial charge in [0.15, 0.2) is 5.13 Å². The number of benzene rings is 1. The lowest BCUT2D eigenvalue weighted by Crippen LogP contribution is -2.45. The summed E-state index contributed by atoms with van der Waals surface area (Å²) in [6.07, 6.45) is -0.437. The summed E-state index contributed by atoms with van der Waals surface area (Å²) >= 11 is 1.42. The van der Waals surface area contributed by atoms with E-state index >= 15 is 0 Å². The van der Waals surface area contributed by atoms with Crippen molar-refractivity contribution in [1.82, 2.24) is 10.3 Å². The first-order valence-electron chi connectivity index (χ1n) is 6.47. The molecule has 6 heteroatoms. The summed E-state index contributed by atoms with van der Waals surface area (Å²) in [4.78, 5) is 16.4. The highest BCUT2D eigenvalue weighted by Crippen LogP contribution is 2.24. The largest absolute Gasteiger partial charge is 0.366 e. The zero-order valence-electron chi connectivity index (χ0n) is 10.8. The van der Waals surface area contributed by atoms with E-state index in [9.17, 15) is 4.79 Å². The standard InChI is InChI=1S/C14H15N3O2S/c18-13(12-8-15-6-7-19-12)17-14-16-11(9-20-14)10-4-2-1-3-5-10/h1-5,9,12,15H,6-8H2,(H,16,17,18)/t12-/m1/s1. The van der Waals surface area contributed by atoms with Gasteiger partial charge in [-0.25, -0.2) is 4.98 Å². The molecule has 1 atom stereocenters. The molecule has 1 amide bonds. The van der Waals surface area contributed by atoms with Gasteiger partial charge in [-0.15, -0.1) is 11.3 Å². The average Bonchev–Trinajstić information content (AvgIpc) is 2.97. The van der Waals surface area contributed by atoms with Gasteiger partial charge in [0.25, 0.3) is 5.91 Å². The lowest BCUT2D eigenvalue weighted by atomic mass is 10.2. The van der Waals surface area contributed by atoms with Crippen molar-refractivity contribution in [3.63, 3.8) is 0 Å². The number of nitrogens with one attached hydrogen (secondary N) is 2. The number of hydrogen-bond donors (Lipinski definition) is 2. The van der Waals surface area contributed by atoms with Crippen LogP contribution in [0.3, 0.4) is 0 Å². The van der Waals surface area contributed by atoms with Crippen LogP contribution in [0.25, 0.3) is 11.3 Å². The number of amides is 1. The molecule has 2 N–H and O–H groups in total. The predicted octanol–water partition coefficient (Wildman–Crippen LogP) is 1.74. The SMILES string of the molecule is O=C(Nc1nc(-c2ccccc2)cs1)[C@H]1CNCCO1. The first-order chi connectivity index (χ1) is 9.83. The summed E-state index contributed by atoms with van der Waals surface area (Å²) in [6.45, 7) is 1.90. The van der Waals surface area contributed by atoms with Crippen LogP contribution in [0.4, 0.5) is 5.13 Å². The van der Waals surface area contributed by atoms with Crippen molar-refractivity contribution in [3.8, 4) is 11.3 Å². The summed E-state index contributed by atoms with van der Waals surface area (Å²) in [6, 6.07) is 9.89. The Balaban J connectivity index is 1.66. The second-order valence-corrected chi connectivity index (χ2v) is 5.31. The zero-order chi connectivity index (χ0) is 13.8. The average molecular weight is 289 g/mol. The number of hydrogen-bond acceptors (Lipinski definition) is 5. The lowest BCUT2D eigenvalue weighted by molar-refractivity contribution is -0.128. The first kappa shape index (κ1) is 13.2. The van der Waals surface area contributed by atoms with E-state index in [0.717, 1.165) is 17.8 Å². The number of anilines is 1. The van der Waals surface area contributed by atoms with Gasteiger partial charge in [0.05, 0.1) is 12.3 Å². The van der Waals surface area contributed by atoms with Crippen LogP contribution in [0.15, 0.2) is 35.7 Å². The molecule has 5 nitrogen and oxygen atoms in total. The van der Waals surface area contributed by atoms with Crippen LogP contribution in [0.5, 0.6) is 0 Å². The fourth-order valence-corrected chi connectivity index (χ4v) is 2.71. The Hall–Kier alpha value is -1.76. The van der Waals surface area contributed by atoms with E-state index < -0.39 is 6.10 Å². The number of rotatable bonds is 3. The van der Waals surface area contributed by atoms with Gasteiger partial charge in [0.2, 0.25) is 0 Å². The minimum absolute atomic E-state index is 0.147. The smallest absolute Gasteiger partial charge is 0.256 e. The monoisotopic (exact) mass is 289 g/mol. The maximum atomic E-state index is 12.0. The minimum Gasteiger partial charge on any atom is -0.366 e. The second kappa shape index (κ2) is 6.13. The molecule has 1 aliphatic heterocycles. The Morgan fingerprint density at radius 2 is 2.25 bits per heavy atom. The highest BCUT2D eigenvalue weighted by atomic mass is 32.1. The summed E-state index contributed by atoms with van der Waals surface area (Å²) in [7, 11) is 0. The van der Waals surface area contributed by atoms with Gasteiger partial charge in [0.1, 0.15) is 6.10 Å². The van der Waals surface area contributed by atoms with Crippen molar-refractivity contribution in [2.24, 2.45) is 0 Å². The molecule has 0 unspecified atom stereocenters. The maximum Gasteiger partial charge on any atom is 0.256 e. The van der Waals surface area contributed by atoms with Gasteiger partial charge in [-0.1, -0.05) is 30.3 Å². The molecular weight excluding hydrogens is 274 g/mol. The third-order valence-electron chi connectivity index (χ3n) is 3.02. The number of thiazole rings is 1. The van der Waals surface area contributed by atoms with Gasteiger partial charge in [-0.05, 0) is 0 Å². The predicted molar refractivity (Wildman–Crippen MR) is 78.8 cm³/mol. The number of carbonyl (C=O) groups excluding carboxylic acids is 1. The van der Waals surface area contributed by atoms with Crippen LogP contribution >= 0.6 is 11.3 Å². The zero-order valence-corrected chi connectivity index (χ0v) is 11.7. The molecule has 20 heavy (non-hydrogen) atoms. The molecule has 1 aromatic carbocycles. The molecule has 1 fully saturated rings. The van der Waals surface area contributed by atoms with E-state index in [1.54, 1.807) is 0 Å². The fourth-order valence-electron chi connectivity index (χ4n) is 1.99. The van der Waals surface area contributed by atoms with Gasteiger partial charge in [0, 0.05) is 24.0 Å². The molecule has 1 aliphatic rings. The quantitative estimate of drug-likeness (QED) is 0.903. The Kier molecular flexibility index (Phi) is 4.05. The van der Waals surface area contributed by atoms with Gasteiger partial charge in [-0.3, -0.25) is 10.1 Å². The highest BCUT2D eigenvalue weighted by molar-refractivity contribution is 7.14. The van der Waals surface area contributed by atoms with Crippen LogP contribution < -0.4 is 10.6 Å². The third kappa shape index (κ3) is 3.04. The van der Waals surface area contributed by atoms with Crippen LogP contribution in [0.1, 0.15) is 0 Å². The molecule has 2 heterocycles. The van der Waals surface area contributed by atoms with E-state index in [2.05, 4.69) is 15.6 Å². The van der Waals surface area contributed by atoms with Crippen molar-refractivity contribution in [3.05, 3.63) is 35.7 Å². The maximum absolute atomic E-state index is 12.0. The van der Waals surface area contributed by atoms with Gasteiger partial charge >= 0.3 is 0 Å². The summed E-state index contributed by atoms with van der Waals surface area (Å²) in [5.41, 5.74) is 1.91. The van der Waals surface area contributed by atoms with Crippen molar-refractivity contribution < 1.29 is 9.53 Å². The summed E-state index contributed by atoms with van der Waals surface area (Å²) < 4.78 is 5.41. The Morgan fingerprint density at radius 1 is 1.40 bits per heavy atom. The second-order valence-electron chi connectivity index (χ2n) is 4.46. The van der Waals surface area contributed by atoms with E-state index in [0.29, 0.717) is 18.3 Å². The molecule has 2 aromatic rings. The molecule has 0 bridgehead atoms. The van der Waals surface area contributed by atoms with Crippen molar-refractivity contribution >= 4 is 22.4 Å². The Morgan fingerprint density at radius 3 is 3.00 bits per heavy atom. The van der Waals surface area contributed by atoms with Gasteiger partial charge in [-0.2, -0.15) is 0 Å². The molecule has 1 aromatic heterocycles. The fraction of sp³-hybridized carbons (Fsp3) is 0.286. The number of aromatic nitrogens is 1. The summed E-state index contributed by atoms with van der Waals surface area (Å²) in [5, 5.41) is 8.47. The van der Waals surface area contributed by atoms with Crippen molar-refractivity contribution in [1.29, 1.82) is 0 Å². The van der Waals surface area contributed by atoms with Crippen LogP contribution in [-0.4, -0.2) is 36.7 Å². The summed E-state index contributed by atoms with van der Waals surface area (Å²) in [5.74, 6) is -0.147. The molecule has 104 valence electrons. The number of carbonyl (C=O) groups is 1. The van der Waals surface area contributed by atoms with E-state index in [-0.39, 0.29) is 5.91 Å². The van der Waals surface area contributed by atoms with Crippen LogP contribution in [0.2, 0.25) is 0 Å². The van der Waals surface area contributed by atoms with E-state index in [1.807, 2.05) is 35.7 Å². The van der Waals surface area contributed by atoms with E-state index in [1.165, 1.54) is 11.3 Å². The molecule has 0 saturated carbocycles. The molecule has 0 aliphatic carbocycles. The highest BCUT2D eigenvalue weighted by Gasteiger charge is 2.22. The molecule has 1 saturated heterocycles. The Labute approximate surface area is 121 Å². The molecule has 3 rings (SSSR count). The number of ether oxygens (including phenoxy) is 1. The van der Waals surface area contributed by atoms with Crippen LogP contribution in [0, 0.1) is 0 Å². The molecular formula is C14H15N3O2S. The Bertz CT molecular complexity index is 579. The minimum atomic E-state index is -0.437. The first-order valence-corrected chi connectivity index (χ1v) is 7.35. The normalized spacial score (nSPS) is 18.7. The third-order valence-corrected chi connectivity index (χ3v) is 3.78. The topological polar surface area (TPSA) is 63.2 Å². The van der Waals surface area contributed by atoms with Gasteiger partial charge < -0.3 is 10.1 Å².